The van der Waals surface area contributed by atoms with Gasteiger partial charge < -0.3 is 29.2 Å². The number of anilines is 1. The van der Waals surface area contributed by atoms with Gasteiger partial charge >= 0.3 is 0 Å². The van der Waals surface area contributed by atoms with Crippen molar-refractivity contribution in [3.63, 3.8) is 0 Å². The third kappa shape index (κ3) is 3.38. The minimum Gasteiger partial charge on any atom is -0.497 e. The molecule has 0 aromatic heterocycles. The first-order chi connectivity index (χ1) is 15.2. The molecule has 0 unspecified atom stereocenters. The van der Waals surface area contributed by atoms with Gasteiger partial charge in [0.1, 0.15) is 17.7 Å². The summed E-state index contributed by atoms with van der Waals surface area (Å²) < 4.78 is 21.8. The predicted molar refractivity (Wildman–Crippen MR) is 115 cm³/mol. The third-order valence-electron chi connectivity index (χ3n) is 5.55. The topological polar surface area (TPSA) is 69.3 Å². The third-order valence-corrected chi connectivity index (χ3v) is 5.55. The second kappa shape index (κ2) is 7.75. The maximum Gasteiger partial charge on any atom is 0.256 e. The molecule has 0 spiro atoms. The molecule has 1 amide bonds. The highest BCUT2D eigenvalue weighted by Gasteiger charge is 2.37. The number of amides is 1. The molecule has 0 fully saturated rings. The van der Waals surface area contributed by atoms with Crippen molar-refractivity contribution in [2.75, 3.05) is 26.3 Å². The summed E-state index contributed by atoms with van der Waals surface area (Å²) in [7, 11) is 3.23. The lowest BCUT2D eigenvalue weighted by atomic mass is 10.1. The minimum atomic E-state index is -0.366. The van der Waals surface area contributed by atoms with E-state index in [2.05, 4.69) is 5.32 Å². The van der Waals surface area contributed by atoms with E-state index in [4.69, 9.17) is 18.9 Å². The summed E-state index contributed by atoms with van der Waals surface area (Å²) in [5, 5.41) is 3.49. The van der Waals surface area contributed by atoms with Crippen LogP contribution in [0.25, 0.3) is 0 Å². The molecule has 31 heavy (non-hydrogen) atoms. The molecule has 2 heterocycles. The highest BCUT2D eigenvalue weighted by molar-refractivity contribution is 5.99. The number of benzene rings is 3. The molecule has 1 N–H and O–H groups in total. The molecule has 3 aromatic rings. The molecule has 5 rings (SSSR count). The van der Waals surface area contributed by atoms with Gasteiger partial charge in [0.2, 0.25) is 6.79 Å². The van der Waals surface area contributed by atoms with Crippen molar-refractivity contribution in [1.29, 1.82) is 0 Å². The Bertz CT molecular complexity index is 1150. The predicted octanol–water partition coefficient (Wildman–Crippen LogP) is 4.20. The molecule has 0 radical (unpaired) electrons. The van der Waals surface area contributed by atoms with Crippen LogP contribution in [0.1, 0.15) is 27.7 Å². The standard InChI is InChI=1S/C24H22N2O5/c1-28-16-8-10-20(29-2)19(12-16)25-23-17-5-3-4-6-18(17)24(27)26(23)13-15-7-9-21-22(11-15)31-14-30-21/h3-12,23,25H,13-14H2,1-2H3/t23-/m0/s1. The van der Waals surface area contributed by atoms with Crippen molar-refractivity contribution < 1.29 is 23.7 Å². The summed E-state index contributed by atoms with van der Waals surface area (Å²) in [4.78, 5) is 15.1. The first-order valence-electron chi connectivity index (χ1n) is 9.95. The van der Waals surface area contributed by atoms with E-state index in [-0.39, 0.29) is 18.9 Å². The van der Waals surface area contributed by atoms with Crippen molar-refractivity contribution in [2.24, 2.45) is 0 Å². The number of fused-ring (bicyclic) bond motifs is 2. The molecule has 158 valence electrons. The van der Waals surface area contributed by atoms with Gasteiger partial charge in [-0.15, -0.1) is 0 Å². The van der Waals surface area contributed by atoms with Gasteiger partial charge in [-0.3, -0.25) is 4.79 Å². The number of methoxy groups -OCH3 is 2. The summed E-state index contributed by atoms with van der Waals surface area (Å²) >= 11 is 0. The monoisotopic (exact) mass is 418 g/mol. The lowest BCUT2D eigenvalue weighted by Gasteiger charge is -2.28. The Balaban J connectivity index is 1.50. The van der Waals surface area contributed by atoms with Crippen LogP contribution in [-0.2, 0) is 6.54 Å². The van der Waals surface area contributed by atoms with Gasteiger partial charge in [-0.1, -0.05) is 24.3 Å². The molecule has 7 heteroatoms. The second-order valence-electron chi connectivity index (χ2n) is 7.32. The van der Waals surface area contributed by atoms with Crippen LogP contribution in [0.2, 0.25) is 0 Å². The molecular weight excluding hydrogens is 396 g/mol. The van der Waals surface area contributed by atoms with E-state index in [0.717, 1.165) is 22.6 Å². The summed E-state index contributed by atoms with van der Waals surface area (Å²) in [6.07, 6.45) is -0.366. The number of rotatable bonds is 6. The molecule has 0 saturated carbocycles. The largest absolute Gasteiger partial charge is 0.497 e. The van der Waals surface area contributed by atoms with Gasteiger partial charge in [0.05, 0.1) is 19.9 Å². The van der Waals surface area contributed by atoms with E-state index >= 15 is 0 Å². The number of nitrogens with one attached hydrogen (secondary N) is 1. The fraction of sp³-hybridized carbons (Fsp3) is 0.208. The highest BCUT2D eigenvalue weighted by atomic mass is 16.7. The van der Waals surface area contributed by atoms with Crippen LogP contribution in [0, 0.1) is 0 Å². The summed E-state index contributed by atoms with van der Waals surface area (Å²) in [6, 6.07) is 18.9. The maximum absolute atomic E-state index is 13.3. The second-order valence-corrected chi connectivity index (χ2v) is 7.32. The lowest BCUT2D eigenvalue weighted by molar-refractivity contribution is 0.0728. The maximum atomic E-state index is 13.3. The van der Waals surface area contributed by atoms with Gasteiger partial charge in [0.25, 0.3) is 5.91 Å². The lowest BCUT2D eigenvalue weighted by Crippen LogP contribution is -2.32. The summed E-state index contributed by atoms with van der Waals surface area (Å²) in [5.41, 5.74) is 3.29. The molecule has 3 aromatic carbocycles. The molecule has 2 aliphatic rings. The summed E-state index contributed by atoms with van der Waals surface area (Å²) in [6.45, 7) is 0.626. The quantitative estimate of drug-likeness (QED) is 0.647. The Kier molecular flexibility index (Phi) is 4.78. The van der Waals surface area contributed by atoms with E-state index in [0.29, 0.717) is 29.4 Å². The normalized spacial score (nSPS) is 16.3. The Morgan fingerprint density at radius 3 is 2.68 bits per heavy atom. The molecule has 1 atom stereocenters. The summed E-state index contributed by atoms with van der Waals surface area (Å²) in [5.74, 6) is 2.74. The van der Waals surface area contributed by atoms with E-state index in [1.807, 2.05) is 60.7 Å². The first-order valence-corrected chi connectivity index (χ1v) is 9.95. The number of nitrogens with zero attached hydrogens (tertiary/aromatic N) is 1. The Hall–Kier alpha value is -3.87. The van der Waals surface area contributed by atoms with E-state index in [1.54, 1.807) is 19.1 Å². The molecule has 7 nitrogen and oxygen atoms in total. The van der Waals surface area contributed by atoms with Crippen LogP contribution in [0.5, 0.6) is 23.0 Å². The zero-order valence-electron chi connectivity index (χ0n) is 17.3. The van der Waals surface area contributed by atoms with E-state index < -0.39 is 0 Å². The zero-order chi connectivity index (χ0) is 21.4. The first kappa shape index (κ1) is 19.1. The molecular formula is C24H22N2O5. The van der Waals surface area contributed by atoms with Crippen LogP contribution < -0.4 is 24.3 Å². The Morgan fingerprint density at radius 2 is 1.84 bits per heavy atom. The SMILES string of the molecule is COc1ccc(OC)c(N[C@@H]2c3ccccc3C(=O)N2Cc2ccc3c(c2)OCO3)c1. The van der Waals surface area contributed by atoms with Crippen molar-refractivity contribution in [2.45, 2.75) is 12.7 Å². The van der Waals surface area contributed by atoms with Crippen LogP contribution in [-0.4, -0.2) is 31.8 Å². The molecule has 0 bridgehead atoms. The fourth-order valence-corrected chi connectivity index (χ4v) is 4.00. The average molecular weight is 418 g/mol. The molecule has 0 saturated heterocycles. The molecule has 0 aliphatic carbocycles. The number of carbonyl (C=O) groups excluding carboxylic acids is 1. The van der Waals surface area contributed by atoms with E-state index in [1.165, 1.54) is 0 Å². The van der Waals surface area contributed by atoms with Crippen molar-refractivity contribution in [3.8, 4) is 23.0 Å². The van der Waals surface area contributed by atoms with Crippen molar-refractivity contribution in [3.05, 3.63) is 77.4 Å². The minimum absolute atomic E-state index is 0.0346. The molecule has 2 aliphatic heterocycles. The highest BCUT2D eigenvalue weighted by Crippen LogP contribution is 2.40. The average Bonchev–Trinajstić information content (AvgIpc) is 3.37. The number of hydrogen-bond donors (Lipinski definition) is 1. The zero-order valence-corrected chi connectivity index (χ0v) is 17.3. The fourth-order valence-electron chi connectivity index (χ4n) is 4.00. The number of ether oxygens (including phenoxy) is 4. The van der Waals surface area contributed by atoms with Crippen LogP contribution in [0.4, 0.5) is 5.69 Å². The van der Waals surface area contributed by atoms with E-state index in [9.17, 15) is 4.79 Å². The van der Waals surface area contributed by atoms with Gasteiger partial charge in [-0.2, -0.15) is 0 Å². The van der Waals surface area contributed by atoms with Crippen molar-refractivity contribution >= 4 is 11.6 Å². The van der Waals surface area contributed by atoms with Gasteiger partial charge in [0, 0.05) is 23.7 Å². The van der Waals surface area contributed by atoms with Crippen LogP contribution in [0.3, 0.4) is 0 Å². The van der Waals surface area contributed by atoms with Gasteiger partial charge in [0.15, 0.2) is 11.5 Å². The Labute approximate surface area is 180 Å². The van der Waals surface area contributed by atoms with Crippen molar-refractivity contribution in [1.82, 2.24) is 4.90 Å². The van der Waals surface area contributed by atoms with Crippen LogP contribution >= 0.6 is 0 Å². The Morgan fingerprint density at radius 1 is 1.00 bits per heavy atom. The van der Waals surface area contributed by atoms with Gasteiger partial charge in [-0.25, -0.2) is 0 Å². The number of carbonyl (C=O) groups is 1. The smallest absolute Gasteiger partial charge is 0.256 e. The van der Waals surface area contributed by atoms with Gasteiger partial charge in [-0.05, 0) is 35.9 Å². The van der Waals surface area contributed by atoms with Crippen LogP contribution in [0.15, 0.2) is 60.7 Å². The number of hydrogen-bond acceptors (Lipinski definition) is 6.